The molecule has 4 rings (SSSR count). The zero-order valence-corrected chi connectivity index (χ0v) is 19.3. The molecule has 12 heteroatoms. The summed E-state index contributed by atoms with van der Waals surface area (Å²) in [4.78, 5) is 74.3. The minimum Gasteiger partial charge on any atom is -0.481 e. The Morgan fingerprint density at radius 2 is 1.83 bits per heavy atom. The van der Waals surface area contributed by atoms with Gasteiger partial charge in [0.05, 0.1) is 19.0 Å². The van der Waals surface area contributed by atoms with E-state index in [1.54, 1.807) is 18.2 Å². The Labute approximate surface area is 205 Å². The van der Waals surface area contributed by atoms with Crippen LogP contribution in [0.5, 0.6) is 0 Å². The van der Waals surface area contributed by atoms with E-state index in [0.29, 0.717) is 18.3 Å². The number of aliphatic carboxylic acids is 1. The molecule has 0 spiro atoms. The average molecular weight is 495 g/mol. The molecule has 2 fully saturated rings. The Balaban J connectivity index is 1.54. The fourth-order valence-corrected chi connectivity index (χ4v) is 4.33. The molecule has 2 aliphatic rings. The number of nitrogens with zero attached hydrogens (tertiary/aromatic N) is 3. The van der Waals surface area contributed by atoms with E-state index in [9.17, 15) is 28.8 Å². The Bertz CT molecular complexity index is 1230. The molecule has 188 valence electrons. The van der Waals surface area contributed by atoms with Crippen LogP contribution in [0.3, 0.4) is 0 Å². The fraction of sp³-hybridized carbons (Fsp3) is 0.333. The van der Waals surface area contributed by atoms with Crippen molar-refractivity contribution in [2.24, 2.45) is 0 Å². The first-order valence-electron chi connectivity index (χ1n) is 11.5. The van der Waals surface area contributed by atoms with Gasteiger partial charge in [0, 0.05) is 18.5 Å². The van der Waals surface area contributed by atoms with Crippen LogP contribution in [0.4, 0.5) is 4.79 Å². The van der Waals surface area contributed by atoms with E-state index in [1.807, 2.05) is 24.3 Å². The number of carboxylic acid groups (broad SMARTS) is 1. The molecule has 2 atom stereocenters. The lowest BCUT2D eigenvalue weighted by Crippen LogP contribution is -2.64. The van der Waals surface area contributed by atoms with Gasteiger partial charge in [0.1, 0.15) is 12.3 Å². The van der Waals surface area contributed by atoms with E-state index in [1.165, 1.54) is 5.01 Å². The predicted octanol–water partition coefficient (Wildman–Crippen LogP) is 0.677. The highest BCUT2D eigenvalue weighted by Gasteiger charge is 2.44. The topological polar surface area (TPSA) is 156 Å². The Morgan fingerprint density at radius 1 is 1.08 bits per heavy atom. The van der Waals surface area contributed by atoms with Crippen LogP contribution < -0.4 is 10.7 Å². The van der Waals surface area contributed by atoms with Crippen LogP contribution in [0.15, 0.2) is 42.5 Å². The summed E-state index contributed by atoms with van der Waals surface area (Å²) >= 11 is 0. The summed E-state index contributed by atoms with van der Waals surface area (Å²) < 4.78 is 0. The molecule has 36 heavy (non-hydrogen) atoms. The second-order valence-corrected chi connectivity index (χ2v) is 8.56. The SMILES string of the molecule is O=C[C@H](CC(=O)O)NC(=O)[C@@H]1CCCN2C(=O)CCN(NC(=O)c3ccc4ccccc4c3)C(=O)N12. The maximum atomic E-state index is 13.5. The lowest BCUT2D eigenvalue weighted by molar-refractivity contribution is -0.155. The molecule has 2 aromatic carbocycles. The molecule has 0 bridgehead atoms. The summed E-state index contributed by atoms with van der Waals surface area (Å²) in [7, 11) is 0. The van der Waals surface area contributed by atoms with Crippen molar-refractivity contribution in [3.8, 4) is 0 Å². The number of hydrogen-bond acceptors (Lipinski definition) is 6. The number of amides is 5. The summed E-state index contributed by atoms with van der Waals surface area (Å²) in [6.07, 6.45) is 0.212. The van der Waals surface area contributed by atoms with Crippen LogP contribution in [-0.2, 0) is 19.2 Å². The maximum absolute atomic E-state index is 13.5. The van der Waals surface area contributed by atoms with Crippen molar-refractivity contribution in [1.29, 1.82) is 0 Å². The van der Waals surface area contributed by atoms with Crippen molar-refractivity contribution in [2.75, 3.05) is 13.1 Å². The van der Waals surface area contributed by atoms with E-state index >= 15 is 0 Å². The van der Waals surface area contributed by atoms with E-state index in [4.69, 9.17) is 5.11 Å². The number of hydrazine groups is 2. The molecule has 2 aromatic rings. The third kappa shape index (κ3) is 5.11. The first kappa shape index (κ1) is 24.6. The van der Waals surface area contributed by atoms with Gasteiger partial charge in [-0.25, -0.2) is 19.8 Å². The third-order valence-electron chi connectivity index (χ3n) is 6.10. The van der Waals surface area contributed by atoms with Crippen LogP contribution in [0.2, 0.25) is 0 Å². The van der Waals surface area contributed by atoms with Gasteiger partial charge < -0.3 is 15.2 Å². The molecule has 0 aliphatic carbocycles. The quantitative estimate of drug-likeness (QED) is 0.477. The van der Waals surface area contributed by atoms with Crippen LogP contribution in [0.1, 0.15) is 36.0 Å². The molecule has 0 aromatic heterocycles. The molecule has 2 heterocycles. The van der Waals surface area contributed by atoms with Crippen molar-refractivity contribution in [3.05, 3.63) is 48.0 Å². The van der Waals surface area contributed by atoms with Crippen LogP contribution in [-0.4, -0.2) is 81.3 Å². The number of carboxylic acids is 1. The Morgan fingerprint density at radius 3 is 2.56 bits per heavy atom. The van der Waals surface area contributed by atoms with Crippen molar-refractivity contribution < 1.29 is 33.9 Å². The van der Waals surface area contributed by atoms with Crippen LogP contribution in [0, 0.1) is 0 Å². The zero-order chi connectivity index (χ0) is 25.8. The lowest BCUT2D eigenvalue weighted by atomic mass is 10.1. The van der Waals surface area contributed by atoms with Crippen molar-refractivity contribution >= 4 is 46.8 Å². The van der Waals surface area contributed by atoms with Crippen molar-refractivity contribution in [1.82, 2.24) is 25.8 Å². The standard InChI is InChI=1S/C24H25N5O7/c30-14-18(13-21(32)33)25-23(35)19-6-3-10-28-20(31)9-11-27(24(36)29(19)28)26-22(34)17-8-7-15-4-1-2-5-16(15)12-17/h1-2,4-5,7-8,12,14,18-19H,3,6,9-11,13H2,(H,25,35)(H,26,34)(H,32,33)/t18-,19-/m0/s1. The first-order valence-corrected chi connectivity index (χ1v) is 11.5. The average Bonchev–Trinajstić information content (AvgIpc) is 2.99. The number of hydrogen-bond donors (Lipinski definition) is 3. The lowest BCUT2D eigenvalue weighted by Gasteiger charge is -2.42. The number of fused-ring (bicyclic) bond motifs is 2. The Kier molecular flexibility index (Phi) is 7.13. The molecule has 5 amide bonds. The molecule has 2 aliphatic heterocycles. The summed E-state index contributed by atoms with van der Waals surface area (Å²) in [6.45, 7) is 0.0986. The number of nitrogens with one attached hydrogen (secondary N) is 2. The molecule has 3 N–H and O–H groups in total. The van der Waals surface area contributed by atoms with Gasteiger partial charge in [-0.1, -0.05) is 30.3 Å². The zero-order valence-electron chi connectivity index (χ0n) is 19.3. The van der Waals surface area contributed by atoms with E-state index < -0.39 is 48.2 Å². The highest BCUT2D eigenvalue weighted by molar-refractivity contribution is 6.00. The highest BCUT2D eigenvalue weighted by Crippen LogP contribution is 2.24. The van der Waals surface area contributed by atoms with Gasteiger partial charge in [-0.2, -0.15) is 0 Å². The van der Waals surface area contributed by atoms with E-state index in [-0.39, 0.29) is 25.9 Å². The van der Waals surface area contributed by atoms with Gasteiger partial charge in [0.15, 0.2) is 0 Å². The van der Waals surface area contributed by atoms with Gasteiger partial charge in [-0.3, -0.25) is 24.6 Å². The van der Waals surface area contributed by atoms with Crippen LogP contribution in [0.25, 0.3) is 10.8 Å². The molecule has 2 saturated heterocycles. The van der Waals surface area contributed by atoms with Crippen molar-refractivity contribution in [2.45, 2.75) is 37.8 Å². The van der Waals surface area contributed by atoms with Crippen LogP contribution >= 0.6 is 0 Å². The summed E-state index contributed by atoms with van der Waals surface area (Å²) in [5.41, 5.74) is 2.85. The molecule has 12 nitrogen and oxygen atoms in total. The highest BCUT2D eigenvalue weighted by atomic mass is 16.4. The monoisotopic (exact) mass is 495 g/mol. The molecule has 0 saturated carbocycles. The van der Waals surface area contributed by atoms with Gasteiger partial charge in [0.25, 0.3) is 5.91 Å². The number of urea groups is 1. The minimum absolute atomic E-state index is 0.0788. The van der Waals surface area contributed by atoms with E-state index in [2.05, 4.69) is 10.7 Å². The normalized spacial score (nSPS) is 18.8. The summed E-state index contributed by atoms with van der Waals surface area (Å²) in [6, 6.07) is 9.34. The van der Waals surface area contributed by atoms with E-state index in [0.717, 1.165) is 20.8 Å². The van der Waals surface area contributed by atoms with Gasteiger partial charge in [-0.15, -0.1) is 0 Å². The second kappa shape index (κ2) is 10.4. The number of carbonyl (C=O) groups is 6. The van der Waals surface area contributed by atoms with Gasteiger partial charge in [-0.05, 0) is 35.7 Å². The fourth-order valence-electron chi connectivity index (χ4n) is 4.33. The number of carbonyl (C=O) groups excluding carboxylic acids is 5. The second-order valence-electron chi connectivity index (χ2n) is 8.56. The maximum Gasteiger partial charge on any atom is 0.358 e. The number of benzene rings is 2. The molecule has 0 radical (unpaired) electrons. The number of rotatable bonds is 7. The van der Waals surface area contributed by atoms with Gasteiger partial charge >= 0.3 is 12.0 Å². The Hall–Kier alpha value is -4.48. The first-order chi connectivity index (χ1) is 17.3. The van der Waals surface area contributed by atoms with Crippen molar-refractivity contribution in [3.63, 3.8) is 0 Å². The molecular formula is C24H25N5O7. The molecular weight excluding hydrogens is 470 g/mol. The molecule has 0 unspecified atom stereocenters. The largest absolute Gasteiger partial charge is 0.481 e. The van der Waals surface area contributed by atoms with Gasteiger partial charge in [0.2, 0.25) is 11.8 Å². The third-order valence-corrected chi connectivity index (χ3v) is 6.10. The number of aldehydes is 1. The summed E-state index contributed by atoms with van der Waals surface area (Å²) in [5.74, 6) is -3.00. The minimum atomic E-state index is -1.29. The summed E-state index contributed by atoms with van der Waals surface area (Å²) in [5, 5.41) is 16.2. The predicted molar refractivity (Wildman–Crippen MR) is 125 cm³/mol. The smallest absolute Gasteiger partial charge is 0.358 e.